The first-order chi connectivity index (χ1) is 12.9. The fraction of sp³-hybridized carbons (Fsp3) is 0.300. The van der Waals surface area contributed by atoms with Gasteiger partial charge in [-0.2, -0.15) is 0 Å². The molecule has 1 fully saturated rings. The lowest BCUT2D eigenvalue weighted by Crippen LogP contribution is -2.33. The van der Waals surface area contributed by atoms with Crippen molar-refractivity contribution in [2.45, 2.75) is 12.3 Å². The molecule has 0 unspecified atom stereocenters. The van der Waals surface area contributed by atoms with Gasteiger partial charge in [0.2, 0.25) is 11.8 Å². The lowest BCUT2D eigenvalue weighted by molar-refractivity contribution is -0.135. The minimum atomic E-state index is -0.972. The zero-order valence-electron chi connectivity index (χ0n) is 14.7. The predicted molar refractivity (Wildman–Crippen MR) is 94.5 cm³/mol. The van der Waals surface area contributed by atoms with Crippen LogP contribution in [0.3, 0.4) is 0 Å². The van der Waals surface area contributed by atoms with E-state index in [1.807, 2.05) is 18.2 Å². The van der Waals surface area contributed by atoms with Gasteiger partial charge in [0.15, 0.2) is 0 Å². The first kappa shape index (κ1) is 17.5. The van der Waals surface area contributed by atoms with Crippen molar-refractivity contribution in [1.82, 2.24) is 4.90 Å². The van der Waals surface area contributed by atoms with Gasteiger partial charge in [-0.3, -0.25) is 9.59 Å². The normalized spacial score (nSPS) is 21.1. The van der Waals surface area contributed by atoms with Crippen LogP contribution in [0, 0.1) is 17.6 Å². The van der Waals surface area contributed by atoms with E-state index in [1.54, 1.807) is 7.05 Å². The van der Waals surface area contributed by atoms with Crippen LogP contribution >= 0.6 is 0 Å². The van der Waals surface area contributed by atoms with Crippen LogP contribution in [-0.2, 0) is 16.0 Å². The van der Waals surface area contributed by atoms with E-state index in [1.165, 1.54) is 4.90 Å². The molecule has 2 aliphatic heterocycles. The highest BCUT2D eigenvalue weighted by atomic mass is 19.1. The van der Waals surface area contributed by atoms with E-state index in [2.05, 4.69) is 5.32 Å². The van der Waals surface area contributed by atoms with Gasteiger partial charge in [0, 0.05) is 32.0 Å². The van der Waals surface area contributed by atoms with Gasteiger partial charge in [0.1, 0.15) is 23.3 Å². The fourth-order valence-electron chi connectivity index (χ4n) is 3.73. The summed E-state index contributed by atoms with van der Waals surface area (Å²) < 4.78 is 32.5. The molecular formula is C20H18F2N2O3. The molecule has 0 spiro atoms. The molecule has 0 radical (unpaired) electrons. The maximum absolute atomic E-state index is 13.9. The number of amides is 2. The Balaban J connectivity index is 1.62. The van der Waals surface area contributed by atoms with E-state index in [-0.39, 0.29) is 17.5 Å². The Morgan fingerprint density at radius 1 is 1.22 bits per heavy atom. The smallest absolute Gasteiger partial charge is 0.237 e. The third-order valence-electron chi connectivity index (χ3n) is 5.13. The molecule has 1 N–H and O–H groups in total. The Labute approximate surface area is 154 Å². The highest BCUT2D eigenvalue weighted by Crippen LogP contribution is 2.37. The Morgan fingerprint density at radius 2 is 2.04 bits per heavy atom. The summed E-state index contributed by atoms with van der Waals surface area (Å²) in [4.78, 5) is 26.9. The molecule has 2 amide bonds. The number of rotatable bonds is 3. The van der Waals surface area contributed by atoms with Crippen LogP contribution in [0.4, 0.5) is 14.5 Å². The molecule has 7 heteroatoms. The number of benzene rings is 2. The monoisotopic (exact) mass is 372 g/mol. The molecule has 1 saturated heterocycles. The van der Waals surface area contributed by atoms with Crippen molar-refractivity contribution in [3.8, 4) is 5.75 Å². The molecule has 4 rings (SSSR count). The predicted octanol–water partition coefficient (Wildman–Crippen LogP) is 2.71. The molecule has 27 heavy (non-hydrogen) atoms. The molecule has 2 aliphatic rings. The van der Waals surface area contributed by atoms with Gasteiger partial charge in [0.05, 0.1) is 12.3 Å². The summed E-state index contributed by atoms with van der Waals surface area (Å²) in [6, 6.07) is 8.58. The molecule has 2 heterocycles. The number of carbonyl (C=O) groups is 2. The van der Waals surface area contributed by atoms with Crippen molar-refractivity contribution in [1.29, 1.82) is 0 Å². The summed E-state index contributed by atoms with van der Waals surface area (Å²) in [5.74, 6) is -3.04. The van der Waals surface area contributed by atoms with Crippen molar-refractivity contribution in [3.63, 3.8) is 0 Å². The van der Waals surface area contributed by atoms with Gasteiger partial charge < -0.3 is 15.0 Å². The Morgan fingerprint density at radius 3 is 2.81 bits per heavy atom. The van der Waals surface area contributed by atoms with E-state index in [0.717, 1.165) is 35.4 Å². The zero-order valence-corrected chi connectivity index (χ0v) is 14.7. The molecule has 140 valence electrons. The number of ether oxygens (including phenoxy) is 1. The number of likely N-dealkylation sites (tertiary alicyclic amines) is 1. The summed E-state index contributed by atoms with van der Waals surface area (Å²) >= 11 is 0. The van der Waals surface area contributed by atoms with Gasteiger partial charge in [0.25, 0.3) is 0 Å². The number of halogens is 2. The van der Waals surface area contributed by atoms with Crippen LogP contribution in [0.2, 0.25) is 0 Å². The fourth-order valence-corrected chi connectivity index (χ4v) is 3.73. The Bertz CT molecular complexity index is 931. The van der Waals surface area contributed by atoms with E-state index < -0.39 is 23.5 Å². The molecule has 0 aromatic heterocycles. The number of likely N-dealkylation sites (N-methyl/N-ethyl adjacent to an activating group) is 1. The minimum absolute atomic E-state index is 0.148. The number of hydrogen-bond donors (Lipinski definition) is 1. The lowest BCUT2D eigenvalue weighted by Gasteiger charge is -2.18. The summed E-state index contributed by atoms with van der Waals surface area (Å²) in [5, 5.41) is 2.43. The van der Waals surface area contributed by atoms with Gasteiger partial charge >= 0.3 is 0 Å². The number of fused-ring (bicyclic) bond motifs is 1. The van der Waals surface area contributed by atoms with Crippen molar-refractivity contribution in [2.75, 3.05) is 25.5 Å². The third-order valence-corrected chi connectivity index (χ3v) is 5.13. The van der Waals surface area contributed by atoms with Crippen LogP contribution in [-0.4, -0.2) is 36.9 Å². The van der Waals surface area contributed by atoms with Crippen molar-refractivity contribution in [3.05, 3.63) is 59.2 Å². The molecule has 0 bridgehead atoms. The van der Waals surface area contributed by atoms with E-state index in [0.29, 0.717) is 19.2 Å². The summed E-state index contributed by atoms with van der Waals surface area (Å²) in [5.41, 5.74) is 1.78. The minimum Gasteiger partial charge on any atom is -0.493 e. The van der Waals surface area contributed by atoms with Crippen molar-refractivity contribution in [2.24, 2.45) is 5.92 Å². The van der Waals surface area contributed by atoms with Crippen molar-refractivity contribution >= 4 is 17.5 Å². The zero-order chi connectivity index (χ0) is 19.1. The van der Waals surface area contributed by atoms with Gasteiger partial charge in [-0.1, -0.05) is 12.1 Å². The molecule has 0 aliphatic carbocycles. The maximum atomic E-state index is 13.9. The van der Waals surface area contributed by atoms with Crippen LogP contribution in [0.25, 0.3) is 0 Å². The molecule has 0 saturated carbocycles. The number of nitrogens with one attached hydrogen (secondary N) is 1. The van der Waals surface area contributed by atoms with Gasteiger partial charge in [-0.15, -0.1) is 0 Å². The molecule has 5 nitrogen and oxygen atoms in total. The van der Waals surface area contributed by atoms with Crippen molar-refractivity contribution < 1.29 is 23.1 Å². The lowest BCUT2D eigenvalue weighted by atomic mass is 9.87. The molecule has 2 aromatic rings. The van der Waals surface area contributed by atoms with E-state index >= 15 is 0 Å². The average molecular weight is 372 g/mol. The first-order valence-electron chi connectivity index (χ1n) is 8.70. The highest BCUT2D eigenvalue weighted by Gasteiger charge is 2.44. The van der Waals surface area contributed by atoms with Gasteiger partial charge in [-0.25, -0.2) is 8.78 Å². The second-order valence-electron chi connectivity index (χ2n) is 6.88. The molecular weight excluding hydrogens is 354 g/mol. The number of hydrogen-bond acceptors (Lipinski definition) is 3. The third kappa shape index (κ3) is 3.13. The summed E-state index contributed by atoms with van der Waals surface area (Å²) in [7, 11) is 1.64. The van der Waals surface area contributed by atoms with E-state index in [9.17, 15) is 18.4 Å². The maximum Gasteiger partial charge on any atom is 0.237 e. The topological polar surface area (TPSA) is 58.6 Å². The number of nitrogens with zero attached hydrogens (tertiary/aromatic N) is 1. The number of anilines is 1. The quantitative estimate of drug-likeness (QED) is 0.843. The average Bonchev–Trinajstić information content (AvgIpc) is 3.21. The summed E-state index contributed by atoms with van der Waals surface area (Å²) in [6.07, 6.45) is 0.789. The molecule has 2 aromatic carbocycles. The van der Waals surface area contributed by atoms with Crippen LogP contribution in [0.15, 0.2) is 36.4 Å². The first-order valence-corrected chi connectivity index (χ1v) is 8.70. The largest absolute Gasteiger partial charge is 0.493 e. The molecule has 2 atom stereocenters. The highest BCUT2D eigenvalue weighted by molar-refractivity contribution is 6.08. The van der Waals surface area contributed by atoms with Gasteiger partial charge in [-0.05, 0) is 29.3 Å². The van der Waals surface area contributed by atoms with Crippen LogP contribution in [0.1, 0.15) is 17.0 Å². The number of carbonyl (C=O) groups excluding carboxylic acids is 2. The van der Waals surface area contributed by atoms with E-state index in [4.69, 9.17) is 4.74 Å². The Kier molecular flexibility index (Phi) is 4.30. The van der Waals surface area contributed by atoms with Crippen LogP contribution in [0.5, 0.6) is 5.75 Å². The second-order valence-corrected chi connectivity index (χ2v) is 6.88. The standard InChI is InChI=1S/C20H18F2N2O3/c1-24-10-14(11-2-5-17-12(8-11)6-7-27-17)18(20(24)26)19(25)23-16-4-3-13(21)9-15(16)22/h2-5,8-9,14,18H,6-7,10H2,1H3,(H,23,25)/t14-,18+/m1/s1. The van der Waals surface area contributed by atoms with Crippen LogP contribution < -0.4 is 10.1 Å². The summed E-state index contributed by atoms with van der Waals surface area (Å²) in [6.45, 7) is 1.01. The second kappa shape index (κ2) is 6.64. The SMILES string of the molecule is CN1C[C@H](c2ccc3c(c2)CCO3)[C@@H](C(=O)Nc2ccc(F)cc2F)C1=O. The Hall–Kier alpha value is -2.96.